The van der Waals surface area contributed by atoms with Crippen LogP contribution in [0, 0.1) is 5.82 Å². The molecule has 6 nitrogen and oxygen atoms in total. The lowest BCUT2D eigenvalue weighted by Crippen LogP contribution is -2.17. The topological polar surface area (TPSA) is 76.0 Å². The van der Waals surface area contributed by atoms with Gasteiger partial charge in [-0.25, -0.2) is 4.39 Å². The van der Waals surface area contributed by atoms with E-state index in [1.165, 1.54) is 12.1 Å². The maximum Gasteiger partial charge on any atom is 0.284 e. The standard InChI is InChI=1S/C21H15Cl2FN4O2S/c22-14-1-7-17(8-2-14)25-20-13-21(26-18-9-3-15(23)4-10-18)28(27-20)31(29,30)19-11-5-16(24)6-12-19/h1-13,26H,(H,25,27). The van der Waals surface area contributed by atoms with Crippen LogP contribution in [0.5, 0.6) is 0 Å². The molecule has 0 bridgehead atoms. The molecule has 0 radical (unpaired) electrons. The summed E-state index contributed by atoms with van der Waals surface area (Å²) >= 11 is 11.8. The molecule has 4 aromatic rings. The Bertz CT molecular complexity index is 1310. The fourth-order valence-corrected chi connectivity index (χ4v) is 4.25. The Morgan fingerprint density at radius 3 is 1.84 bits per heavy atom. The minimum Gasteiger partial charge on any atom is -0.339 e. The summed E-state index contributed by atoms with van der Waals surface area (Å²) in [6.07, 6.45) is 0. The van der Waals surface area contributed by atoms with Gasteiger partial charge in [0.1, 0.15) is 11.6 Å². The second-order valence-electron chi connectivity index (χ2n) is 6.48. The van der Waals surface area contributed by atoms with Crippen LogP contribution in [0.25, 0.3) is 0 Å². The van der Waals surface area contributed by atoms with Gasteiger partial charge < -0.3 is 10.6 Å². The Morgan fingerprint density at radius 2 is 1.29 bits per heavy atom. The van der Waals surface area contributed by atoms with Crippen molar-refractivity contribution >= 4 is 56.2 Å². The number of benzene rings is 3. The normalized spacial score (nSPS) is 11.3. The molecule has 10 heteroatoms. The van der Waals surface area contributed by atoms with E-state index in [0.29, 0.717) is 21.4 Å². The third-order valence-electron chi connectivity index (χ3n) is 4.25. The number of halogens is 3. The van der Waals surface area contributed by atoms with Gasteiger partial charge in [0.2, 0.25) is 0 Å². The average molecular weight is 477 g/mol. The predicted octanol–water partition coefficient (Wildman–Crippen LogP) is 6.05. The molecule has 4 rings (SSSR count). The smallest absolute Gasteiger partial charge is 0.284 e. The van der Waals surface area contributed by atoms with Crippen LogP contribution in [0.15, 0.2) is 83.8 Å². The third kappa shape index (κ3) is 4.82. The van der Waals surface area contributed by atoms with Crippen LogP contribution in [0.2, 0.25) is 10.0 Å². The number of hydrogen-bond acceptors (Lipinski definition) is 5. The molecule has 0 amide bonds. The van der Waals surface area contributed by atoms with Gasteiger partial charge in [-0.2, -0.15) is 8.42 Å². The Balaban J connectivity index is 1.75. The van der Waals surface area contributed by atoms with Crippen molar-refractivity contribution in [3.63, 3.8) is 0 Å². The zero-order chi connectivity index (χ0) is 22.0. The second-order valence-corrected chi connectivity index (χ2v) is 9.12. The van der Waals surface area contributed by atoms with E-state index in [1.807, 2.05) is 0 Å². The van der Waals surface area contributed by atoms with E-state index in [-0.39, 0.29) is 16.5 Å². The minimum absolute atomic E-state index is 0.103. The molecule has 0 spiro atoms. The average Bonchev–Trinajstić information content (AvgIpc) is 3.15. The fourth-order valence-electron chi connectivity index (χ4n) is 2.76. The van der Waals surface area contributed by atoms with Crippen molar-refractivity contribution in [2.75, 3.05) is 10.6 Å². The number of hydrogen-bond donors (Lipinski definition) is 2. The summed E-state index contributed by atoms with van der Waals surface area (Å²) < 4.78 is 40.5. The van der Waals surface area contributed by atoms with Crippen molar-refractivity contribution in [2.24, 2.45) is 0 Å². The van der Waals surface area contributed by atoms with Gasteiger partial charge in [0.25, 0.3) is 10.0 Å². The maximum atomic E-state index is 13.3. The van der Waals surface area contributed by atoms with Gasteiger partial charge in [-0.05, 0) is 72.8 Å². The lowest BCUT2D eigenvalue weighted by Gasteiger charge is -2.10. The number of anilines is 4. The summed E-state index contributed by atoms with van der Waals surface area (Å²) in [5, 5.41) is 11.4. The number of nitrogens with one attached hydrogen (secondary N) is 2. The Hall–Kier alpha value is -3.07. The Labute approximate surface area is 188 Å². The molecule has 0 aliphatic carbocycles. The molecule has 0 atom stereocenters. The predicted molar refractivity (Wildman–Crippen MR) is 121 cm³/mol. The highest BCUT2D eigenvalue weighted by atomic mass is 35.5. The molecule has 3 aromatic carbocycles. The quantitative estimate of drug-likeness (QED) is 0.354. The summed E-state index contributed by atoms with van der Waals surface area (Å²) in [7, 11) is -4.10. The summed E-state index contributed by atoms with van der Waals surface area (Å²) in [5.74, 6) is -0.0726. The largest absolute Gasteiger partial charge is 0.339 e. The number of aromatic nitrogens is 2. The molecule has 0 saturated carbocycles. The van der Waals surface area contributed by atoms with Crippen LogP contribution < -0.4 is 10.6 Å². The minimum atomic E-state index is -4.10. The molecule has 0 unspecified atom stereocenters. The lowest BCUT2D eigenvalue weighted by atomic mass is 10.3. The van der Waals surface area contributed by atoms with E-state index < -0.39 is 15.8 Å². The van der Waals surface area contributed by atoms with Gasteiger partial charge in [0, 0.05) is 27.5 Å². The molecule has 1 heterocycles. The molecule has 0 aliphatic heterocycles. The Kier molecular flexibility index (Phi) is 5.86. The van der Waals surface area contributed by atoms with Crippen LogP contribution in [0.3, 0.4) is 0 Å². The monoisotopic (exact) mass is 476 g/mol. The zero-order valence-electron chi connectivity index (χ0n) is 15.8. The molecule has 2 N–H and O–H groups in total. The van der Waals surface area contributed by atoms with Gasteiger partial charge in [-0.3, -0.25) is 0 Å². The SMILES string of the molecule is O=S(=O)(c1ccc(F)cc1)n1nc(Nc2ccc(Cl)cc2)cc1Nc1ccc(Cl)cc1. The molecule has 1 aromatic heterocycles. The highest BCUT2D eigenvalue weighted by Crippen LogP contribution is 2.28. The van der Waals surface area contributed by atoms with E-state index in [0.717, 1.165) is 16.2 Å². The van der Waals surface area contributed by atoms with E-state index in [4.69, 9.17) is 23.2 Å². The summed E-state index contributed by atoms with van der Waals surface area (Å²) in [6.45, 7) is 0. The highest BCUT2D eigenvalue weighted by Gasteiger charge is 2.23. The van der Waals surface area contributed by atoms with Crippen molar-refractivity contribution in [1.82, 2.24) is 9.19 Å². The number of nitrogens with zero attached hydrogens (tertiary/aromatic N) is 2. The van der Waals surface area contributed by atoms with E-state index in [9.17, 15) is 12.8 Å². The van der Waals surface area contributed by atoms with E-state index in [2.05, 4.69) is 15.7 Å². The molecule has 0 saturated heterocycles. The van der Waals surface area contributed by atoms with Gasteiger partial charge >= 0.3 is 0 Å². The third-order valence-corrected chi connectivity index (χ3v) is 6.36. The Morgan fingerprint density at radius 1 is 0.774 bits per heavy atom. The lowest BCUT2D eigenvalue weighted by molar-refractivity contribution is 0.580. The first-order valence-electron chi connectivity index (χ1n) is 8.98. The summed E-state index contributed by atoms with van der Waals surface area (Å²) in [5.41, 5.74) is 1.28. The highest BCUT2D eigenvalue weighted by molar-refractivity contribution is 7.90. The van der Waals surface area contributed by atoms with Gasteiger partial charge in [0.05, 0.1) is 4.90 Å². The zero-order valence-corrected chi connectivity index (χ0v) is 18.1. The van der Waals surface area contributed by atoms with Gasteiger partial charge in [-0.1, -0.05) is 23.2 Å². The van der Waals surface area contributed by atoms with Crippen molar-refractivity contribution in [3.05, 3.63) is 94.7 Å². The van der Waals surface area contributed by atoms with Gasteiger partial charge in [-0.15, -0.1) is 9.19 Å². The van der Waals surface area contributed by atoms with Crippen molar-refractivity contribution in [1.29, 1.82) is 0 Å². The molecule has 158 valence electrons. The molecule has 0 fully saturated rings. The fraction of sp³-hybridized carbons (Fsp3) is 0. The van der Waals surface area contributed by atoms with E-state index in [1.54, 1.807) is 54.6 Å². The molecular weight excluding hydrogens is 462 g/mol. The van der Waals surface area contributed by atoms with Crippen LogP contribution >= 0.6 is 23.2 Å². The molecular formula is C21H15Cl2FN4O2S. The summed E-state index contributed by atoms with van der Waals surface area (Å²) in [4.78, 5) is -0.103. The van der Waals surface area contributed by atoms with Crippen LogP contribution in [-0.4, -0.2) is 17.6 Å². The second kappa shape index (κ2) is 8.58. The van der Waals surface area contributed by atoms with Crippen molar-refractivity contribution in [2.45, 2.75) is 4.90 Å². The molecule has 0 aliphatic rings. The van der Waals surface area contributed by atoms with Gasteiger partial charge in [0.15, 0.2) is 5.82 Å². The van der Waals surface area contributed by atoms with Crippen molar-refractivity contribution < 1.29 is 12.8 Å². The summed E-state index contributed by atoms with van der Waals surface area (Å²) in [6, 6.07) is 19.7. The van der Waals surface area contributed by atoms with E-state index >= 15 is 0 Å². The van der Waals surface area contributed by atoms with Crippen LogP contribution in [0.4, 0.5) is 27.4 Å². The first kappa shape index (κ1) is 21.2. The van der Waals surface area contributed by atoms with Crippen molar-refractivity contribution in [3.8, 4) is 0 Å². The molecule has 31 heavy (non-hydrogen) atoms. The van der Waals surface area contributed by atoms with Crippen LogP contribution in [0.1, 0.15) is 0 Å². The first-order valence-corrected chi connectivity index (χ1v) is 11.2. The number of rotatable bonds is 6. The maximum absolute atomic E-state index is 13.3. The van der Waals surface area contributed by atoms with Crippen LogP contribution in [-0.2, 0) is 10.0 Å². The first-order chi connectivity index (χ1) is 14.8.